The van der Waals surface area contributed by atoms with Crippen LogP contribution in [0.15, 0.2) is 53.1 Å². The smallest absolute Gasteiger partial charge is 0.260 e. The number of methoxy groups -OCH3 is 1. The molecular formula is C31H39N3O4. The summed E-state index contributed by atoms with van der Waals surface area (Å²) in [6, 6.07) is 15.5. The predicted octanol–water partition coefficient (Wildman–Crippen LogP) is 6.64. The van der Waals surface area contributed by atoms with Crippen molar-refractivity contribution in [1.82, 2.24) is 10.1 Å². The van der Waals surface area contributed by atoms with Gasteiger partial charge in [-0.2, -0.15) is 0 Å². The van der Waals surface area contributed by atoms with E-state index in [0.29, 0.717) is 48.8 Å². The van der Waals surface area contributed by atoms with Gasteiger partial charge < -0.3 is 19.1 Å². The Balaban J connectivity index is 1.72. The molecule has 2 heterocycles. The minimum atomic E-state index is -0.128. The van der Waals surface area contributed by atoms with E-state index in [4.69, 9.17) is 9.26 Å². The zero-order chi connectivity index (χ0) is 27.1. The molecule has 38 heavy (non-hydrogen) atoms. The number of para-hydroxylation sites is 2. The van der Waals surface area contributed by atoms with Gasteiger partial charge in [0.05, 0.1) is 7.11 Å². The number of hydrogen-bond acceptors (Lipinski definition) is 5. The van der Waals surface area contributed by atoms with Gasteiger partial charge in [0, 0.05) is 37.3 Å². The Labute approximate surface area is 225 Å². The van der Waals surface area contributed by atoms with E-state index < -0.39 is 0 Å². The second-order valence-electron chi connectivity index (χ2n) is 10.4. The second-order valence-corrected chi connectivity index (χ2v) is 10.4. The summed E-state index contributed by atoms with van der Waals surface area (Å²) in [5.41, 5.74) is 3.51. The maximum atomic E-state index is 14.2. The van der Waals surface area contributed by atoms with Gasteiger partial charge in [-0.15, -0.1) is 0 Å². The van der Waals surface area contributed by atoms with Crippen molar-refractivity contribution in [2.45, 2.75) is 65.8 Å². The van der Waals surface area contributed by atoms with Crippen molar-refractivity contribution < 1.29 is 18.8 Å². The molecule has 0 atom stereocenters. The summed E-state index contributed by atoms with van der Waals surface area (Å²) in [4.78, 5) is 31.3. The van der Waals surface area contributed by atoms with Gasteiger partial charge in [-0.05, 0) is 49.4 Å². The van der Waals surface area contributed by atoms with Crippen molar-refractivity contribution in [1.29, 1.82) is 0 Å². The summed E-state index contributed by atoms with van der Waals surface area (Å²) < 4.78 is 11.1. The van der Waals surface area contributed by atoms with E-state index in [0.717, 1.165) is 48.9 Å². The number of hydrogen-bond donors (Lipinski definition) is 0. The minimum absolute atomic E-state index is 0.128. The van der Waals surface area contributed by atoms with Gasteiger partial charge in [-0.25, -0.2) is 0 Å². The van der Waals surface area contributed by atoms with Crippen LogP contribution in [0.5, 0.6) is 5.75 Å². The summed E-state index contributed by atoms with van der Waals surface area (Å²) in [7, 11) is 1.60. The standard InChI is InChI=1S/C31H39N3O4/c1-22(2)20-28(35)34-19-13-7-5-6-12-18-33(21-24-14-8-10-16-26(24)34)31(36)29-23(3)38-32-30(29)25-15-9-11-17-27(25)37-4/h8-11,14-17,22H,5-7,12-13,18-21H2,1-4H3. The molecule has 1 aliphatic heterocycles. The van der Waals surface area contributed by atoms with Gasteiger partial charge in [-0.1, -0.05) is 68.6 Å². The zero-order valence-electron chi connectivity index (χ0n) is 23.0. The minimum Gasteiger partial charge on any atom is -0.496 e. The second kappa shape index (κ2) is 12.8. The largest absolute Gasteiger partial charge is 0.496 e. The molecule has 0 aliphatic carbocycles. The summed E-state index contributed by atoms with van der Waals surface area (Å²) >= 11 is 0. The Hall–Kier alpha value is -3.61. The van der Waals surface area contributed by atoms with Crippen molar-refractivity contribution in [2.75, 3.05) is 25.1 Å². The molecule has 2 aromatic carbocycles. The van der Waals surface area contributed by atoms with Crippen LogP contribution >= 0.6 is 0 Å². The maximum Gasteiger partial charge on any atom is 0.260 e. The van der Waals surface area contributed by atoms with E-state index in [-0.39, 0.29) is 17.7 Å². The summed E-state index contributed by atoms with van der Waals surface area (Å²) in [6.45, 7) is 7.62. The van der Waals surface area contributed by atoms with Crippen LogP contribution in [0, 0.1) is 12.8 Å². The van der Waals surface area contributed by atoms with Crippen molar-refractivity contribution in [3.05, 3.63) is 65.4 Å². The Morgan fingerprint density at radius 2 is 1.66 bits per heavy atom. The first-order valence-corrected chi connectivity index (χ1v) is 13.7. The molecule has 0 spiro atoms. The highest BCUT2D eigenvalue weighted by Gasteiger charge is 2.29. The highest BCUT2D eigenvalue weighted by molar-refractivity contribution is 6.01. The monoisotopic (exact) mass is 517 g/mol. The molecule has 4 rings (SSSR count). The first kappa shape index (κ1) is 27.4. The number of ether oxygens (including phenoxy) is 1. The lowest BCUT2D eigenvalue weighted by Gasteiger charge is -2.30. The molecule has 202 valence electrons. The molecule has 0 bridgehead atoms. The van der Waals surface area contributed by atoms with E-state index >= 15 is 0 Å². The SMILES string of the molecule is COc1ccccc1-c1noc(C)c1C(=O)N1CCCCCCCN(C(=O)CC(C)C)c2ccccc2C1. The maximum absolute atomic E-state index is 14.2. The number of benzene rings is 2. The fourth-order valence-electron chi connectivity index (χ4n) is 5.11. The first-order chi connectivity index (χ1) is 18.4. The van der Waals surface area contributed by atoms with Gasteiger partial charge in [0.25, 0.3) is 5.91 Å². The molecule has 0 saturated heterocycles. The van der Waals surface area contributed by atoms with Gasteiger partial charge in [-0.3, -0.25) is 9.59 Å². The van der Waals surface area contributed by atoms with Gasteiger partial charge >= 0.3 is 0 Å². The number of carbonyl (C=O) groups is 2. The van der Waals surface area contributed by atoms with Crippen molar-refractivity contribution in [3.8, 4) is 17.0 Å². The highest BCUT2D eigenvalue weighted by atomic mass is 16.5. The number of fused-ring (bicyclic) bond motifs is 1. The van der Waals surface area contributed by atoms with Crippen molar-refractivity contribution >= 4 is 17.5 Å². The normalized spacial score (nSPS) is 15.0. The summed E-state index contributed by atoms with van der Waals surface area (Å²) in [5, 5.41) is 4.27. The number of rotatable bonds is 5. The van der Waals surface area contributed by atoms with E-state index in [9.17, 15) is 9.59 Å². The molecule has 0 fully saturated rings. The van der Waals surface area contributed by atoms with Crippen LogP contribution in [-0.2, 0) is 11.3 Å². The lowest BCUT2D eigenvalue weighted by atomic mass is 10.0. The van der Waals surface area contributed by atoms with Gasteiger partial charge in [0.15, 0.2) is 0 Å². The third-order valence-corrected chi connectivity index (χ3v) is 7.06. The van der Waals surface area contributed by atoms with Crippen molar-refractivity contribution in [2.24, 2.45) is 5.92 Å². The van der Waals surface area contributed by atoms with Crippen LogP contribution in [-0.4, -0.2) is 42.1 Å². The number of anilines is 1. The fraction of sp³-hybridized carbons (Fsp3) is 0.452. The zero-order valence-corrected chi connectivity index (χ0v) is 23.0. The molecule has 0 saturated carbocycles. The van der Waals surface area contributed by atoms with Crippen LogP contribution < -0.4 is 9.64 Å². The number of aryl methyl sites for hydroxylation is 1. The molecule has 1 aromatic heterocycles. The Kier molecular flexibility index (Phi) is 9.21. The van der Waals surface area contributed by atoms with E-state index in [1.807, 2.05) is 58.3 Å². The molecule has 0 unspecified atom stereocenters. The number of amides is 2. The van der Waals surface area contributed by atoms with Crippen LogP contribution in [0.25, 0.3) is 11.3 Å². The Morgan fingerprint density at radius 3 is 2.42 bits per heavy atom. The topological polar surface area (TPSA) is 75.9 Å². The molecule has 0 radical (unpaired) electrons. The lowest BCUT2D eigenvalue weighted by molar-refractivity contribution is -0.119. The average molecular weight is 518 g/mol. The van der Waals surface area contributed by atoms with Crippen LogP contribution in [0.2, 0.25) is 0 Å². The van der Waals surface area contributed by atoms with E-state index in [1.165, 1.54) is 0 Å². The molecule has 2 amide bonds. The summed E-state index contributed by atoms with van der Waals surface area (Å²) in [6.07, 6.45) is 5.56. The Morgan fingerprint density at radius 1 is 0.974 bits per heavy atom. The Bertz CT molecular complexity index is 1250. The lowest BCUT2D eigenvalue weighted by Crippen LogP contribution is -2.36. The third kappa shape index (κ3) is 6.26. The number of aromatic nitrogens is 1. The quantitative estimate of drug-likeness (QED) is 0.379. The molecule has 0 N–H and O–H groups in total. The van der Waals surface area contributed by atoms with Gasteiger partial charge in [0.2, 0.25) is 5.91 Å². The molecular weight excluding hydrogens is 478 g/mol. The predicted molar refractivity (Wildman–Crippen MR) is 149 cm³/mol. The third-order valence-electron chi connectivity index (χ3n) is 7.06. The fourth-order valence-corrected chi connectivity index (χ4v) is 5.11. The van der Waals surface area contributed by atoms with Crippen LogP contribution in [0.3, 0.4) is 0 Å². The highest BCUT2D eigenvalue weighted by Crippen LogP contribution is 2.34. The molecule has 7 heteroatoms. The average Bonchev–Trinajstić information content (AvgIpc) is 3.29. The number of carbonyl (C=O) groups excluding carboxylic acids is 2. The van der Waals surface area contributed by atoms with E-state index in [1.54, 1.807) is 14.0 Å². The molecule has 1 aliphatic rings. The first-order valence-electron chi connectivity index (χ1n) is 13.7. The van der Waals surface area contributed by atoms with Crippen LogP contribution in [0.4, 0.5) is 5.69 Å². The van der Waals surface area contributed by atoms with Gasteiger partial charge in [0.1, 0.15) is 22.8 Å². The van der Waals surface area contributed by atoms with E-state index in [2.05, 4.69) is 19.0 Å². The van der Waals surface area contributed by atoms with Crippen LogP contribution in [0.1, 0.15) is 74.1 Å². The molecule has 3 aromatic rings. The molecule has 7 nitrogen and oxygen atoms in total. The number of nitrogens with zero attached hydrogens (tertiary/aromatic N) is 3. The van der Waals surface area contributed by atoms with Crippen molar-refractivity contribution in [3.63, 3.8) is 0 Å². The summed E-state index contributed by atoms with van der Waals surface area (Å²) in [5.74, 6) is 1.39.